The molecule has 1 amide bonds. The largest absolute Gasteiger partial charge is 0.492 e. The lowest BCUT2D eigenvalue weighted by Crippen LogP contribution is -2.38. The summed E-state index contributed by atoms with van der Waals surface area (Å²) in [6.45, 7) is 5.88. The molecule has 3 aromatic rings. The van der Waals surface area contributed by atoms with Gasteiger partial charge in [-0.15, -0.1) is 0 Å². The Bertz CT molecular complexity index is 1190. The average molecular weight is 469 g/mol. The molecule has 0 fully saturated rings. The molecule has 3 aromatic carbocycles. The van der Waals surface area contributed by atoms with Crippen molar-refractivity contribution in [3.63, 3.8) is 0 Å². The van der Waals surface area contributed by atoms with Crippen LogP contribution < -0.4 is 19.1 Å². The van der Waals surface area contributed by atoms with Gasteiger partial charge in [0.05, 0.1) is 29.5 Å². The van der Waals surface area contributed by atoms with Gasteiger partial charge in [-0.3, -0.25) is 9.10 Å². The van der Waals surface area contributed by atoms with Crippen molar-refractivity contribution in [2.45, 2.75) is 25.7 Å². The number of amides is 1. The van der Waals surface area contributed by atoms with Gasteiger partial charge >= 0.3 is 0 Å². The zero-order valence-corrected chi connectivity index (χ0v) is 19.8. The van der Waals surface area contributed by atoms with E-state index in [1.54, 1.807) is 60.7 Å². The van der Waals surface area contributed by atoms with Gasteiger partial charge in [0.25, 0.3) is 10.0 Å². The molecule has 0 radical (unpaired) electrons. The van der Waals surface area contributed by atoms with Crippen LogP contribution in [-0.2, 0) is 14.8 Å². The van der Waals surface area contributed by atoms with E-state index < -0.39 is 22.5 Å². The van der Waals surface area contributed by atoms with Gasteiger partial charge in [-0.1, -0.05) is 42.0 Å². The molecule has 0 heterocycles. The quantitative estimate of drug-likeness (QED) is 0.469. The van der Waals surface area contributed by atoms with Crippen LogP contribution in [0.15, 0.2) is 77.7 Å². The Morgan fingerprint density at radius 2 is 1.42 bits per heavy atom. The minimum atomic E-state index is -4.06. The van der Waals surface area contributed by atoms with E-state index in [1.165, 1.54) is 12.1 Å². The summed E-state index contributed by atoms with van der Waals surface area (Å²) in [4.78, 5) is 13.1. The fraction of sp³-hybridized carbons (Fsp3) is 0.240. The zero-order valence-electron chi connectivity index (χ0n) is 18.9. The Morgan fingerprint density at radius 1 is 0.848 bits per heavy atom. The van der Waals surface area contributed by atoms with Crippen molar-refractivity contribution in [3.8, 4) is 11.5 Å². The van der Waals surface area contributed by atoms with Crippen LogP contribution in [0.1, 0.15) is 19.4 Å². The summed E-state index contributed by atoms with van der Waals surface area (Å²) in [6, 6.07) is 20.3. The Kier molecular flexibility index (Phi) is 7.95. The third kappa shape index (κ3) is 5.84. The molecule has 0 aliphatic carbocycles. The Morgan fingerprint density at radius 3 is 2.09 bits per heavy atom. The molecular formula is C25H28N2O5S. The lowest BCUT2D eigenvalue weighted by molar-refractivity contribution is -0.114. The highest BCUT2D eigenvalue weighted by atomic mass is 32.2. The van der Waals surface area contributed by atoms with Crippen LogP contribution >= 0.6 is 0 Å². The fourth-order valence-corrected chi connectivity index (χ4v) is 4.68. The molecule has 33 heavy (non-hydrogen) atoms. The van der Waals surface area contributed by atoms with Gasteiger partial charge in [0.15, 0.2) is 0 Å². The summed E-state index contributed by atoms with van der Waals surface area (Å²) in [6.07, 6.45) is 0. The van der Waals surface area contributed by atoms with E-state index in [-0.39, 0.29) is 10.6 Å². The third-order valence-corrected chi connectivity index (χ3v) is 6.56. The third-order valence-electron chi connectivity index (χ3n) is 4.79. The number of ether oxygens (including phenoxy) is 2. The van der Waals surface area contributed by atoms with Crippen LogP contribution in [0.25, 0.3) is 0 Å². The summed E-state index contributed by atoms with van der Waals surface area (Å²) in [7, 11) is -4.06. The van der Waals surface area contributed by atoms with E-state index in [0.717, 1.165) is 9.87 Å². The second-order valence-corrected chi connectivity index (χ2v) is 9.07. The monoisotopic (exact) mass is 468 g/mol. The molecule has 0 bridgehead atoms. The topological polar surface area (TPSA) is 84.9 Å². The summed E-state index contributed by atoms with van der Waals surface area (Å²) < 4.78 is 39.5. The number of para-hydroxylation sites is 4. The first-order valence-electron chi connectivity index (χ1n) is 10.7. The van der Waals surface area contributed by atoms with Crippen molar-refractivity contribution in [1.29, 1.82) is 0 Å². The molecular weight excluding hydrogens is 440 g/mol. The zero-order chi connectivity index (χ0) is 23.8. The number of anilines is 2. The van der Waals surface area contributed by atoms with Crippen LogP contribution in [0, 0.1) is 6.92 Å². The number of hydrogen-bond acceptors (Lipinski definition) is 5. The van der Waals surface area contributed by atoms with Crippen molar-refractivity contribution in [2.75, 3.05) is 29.4 Å². The summed E-state index contributed by atoms with van der Waals surface area (Å²) in [5.74, 6) is 0.373. The SMILES string of the molecule is CCOc1ccccc1NC(=O)CN(c1ccccc1OCC)S(=O)(=O)c1ccc(C)cc1. The molecule has 0 unspecified atom stereocenters. The minimum absolute atomic E-state index is 0.0851. The maximum absolute atomic E-state index is 13.6. The van der Waals surface area contributed by atoms with E-state index in [9.17, 15) is 13.2 Å². The summed E-state index contributed by atoms with van der Waals surface area (Å²) in [5.41, 5.74) is 1.68. The molecule has 0 aliphatic rings. The van der Waals surface area contributed by atoms with E-state index in [1.807, 2.05) is 20.8 Å². The van der Waals surface area contributed by atoms with Crippen molar-refractivity contribution in [1.82, 2.24) is 0 Å². The number of sulfonamides is 1. The predicted molar refractivity (Wildman–Crippen MR) is 130 cm³/mol. The molecule has 8 heteroatoms. The van der Waals surface area contributed by atoms with Crippen LogP contribution in [0.3, 0.4) is 0 Å². The van der Waals surface area contributed by atoms with Crippen molar-refractivity contribution >= 4 is 27.3 Å². The number of nitrogens with zero attached hydrogens (tertiary/aromatic N) is 1. The summed E-state index contributed by atoms with van der Waals surface area (Å²) in [5, 5.41) is 2.77. The highest BCUT2D eigenvalue weighted by Crippen LogP contribution is 2.33. The highest BCUT2D eigenvalue weighted by molar-refractivity contribution is 7.92. The van der Waals surface area contributed by atoms with Gasteiger partial charge < -0.3 is 14.8 Å². The smallest absolute Gasteiger partial charge is 0.264 e. The standard InChI is InChI=1S/C25H28N2O5S/c1-4-31-23-12-8-6-10-21(23)26-25(28)18-27(22-11-7-9-13-24(22)32-5-2)33(29,30)20-16-14-19(3)15-17-20/h6-17H,4-5,18H2,1-3H3,(H,26,28). The van der Waals surface area contributed by atoms with Gasteiger partial charge in [0.1, 0.15) is 18.0 Å². The lowest BCUT2D eigenvalue weighted by Gasteiger charge is -2.26. The van der Waals surface area contributed by atoms with Crippen LogP contribution in [0.5, 0.6) is 11.5 Å². The molecule has 1 N–H and O–H groups in total. The average Bonchev–Trinajstić information content (AvgIpc) is 2.80. The first-order chi connectivity index (χ1) is 15.9. The second-order valence-electron chi connectivity index (χ2n) is 7.20. The van der Waals surface area contributed by atoms with E-state index in [4.69, 9.17) is 9.47 Å². The van der Waals surface area contributed by atoms with Gasteiger partial charge in [-0.25, -0.2) is 8.42 Å². The van der Waals surface area contributed by atoms with Crippen LogP contribution in [0.4, 0.5) is 11.4 Å². The molecule has 3 rings (SSSR count). The molecule has 0 atom stereocenters. The van der Waals surface area contributed by atoms with Gasteiger partial charge in [0.2, 0.25) is 5.91 Å². The van der Waals surface area contributed by atoms with Crippen molar-refractivity contribution < 1.29 is 22.7 Å². The Balaban J connectivity index is 1.99. The maximum Gasteiger partial charge on any atom is 0.264 e. The number of hydrogen-bond donors (Lipinski definition) is 1. The molecule has 0 aliphatic heterocycles. The first kappa shape index (κ1) is 24.1. The van der Waals surface area contributed by atoms with E-state index in [0.29, 0.717) is 30.4 Å². The normalized spacial score (nSPS) is 11.0. The van der Waals surface area contributed by atoms with Gasteiger partial charge in [-0.05, 0) is 57.2 Å². The molecule has 0 spiro atoms. The Hall–Kier alpha value is -3.52. The number of benzene rings is 3. The van der Waals surface area contributed by atoms with Crippen molar-refractivity contribution in [3.05, 3.63) is 78.4 Å². The number of carbonyl (C=O) groups excluding carboxylic acids is 1. The van der Waals surface area contributed by atoms with Crippen molar-refractivity contribution in [2.24, 2.45) is 0 Å². The molecule has 0 aromatic heterocycles. The first-order valence-corrected chi connectivity index (χ1v) is 12.1. The predicted octanol–water partition coefficient (Wildman–Crippen LogP) is 4.63. The van der Waals surface area contributed by atoms with Gasteiger partial charge in [0, 0.05) is 0 Å². The second kappa shape index (κ2) is 10.9. The molecule has 0 saturated carbocycles. The minimum Gasteiger partial charge on any atom is -0.492 e. The molecule has 0 saturated heterocycles. The van der Waals surface area contributed by atoms with Crippen LogP contribution in [0.2, 0.25) is 0 Å². The lowest BCUT2D eigenvalue weighted by atomic mass is 10.2. The fourth-order valence-electron chi connectivity index (χ4n) is 3.25. The Labute approximate surface area is 195 Å². The highest BCUT2D eigenvalue weighted by Gasteiger charge is 2.29. The number of nitrogens with one attached hydrogen (secondary N) is 1. The van der Waals surface area contributed by atoms with E-state index >= 15 is 0 Å². The molecule has 7 nitrogen and oxygen atoms in total. The number of carbonyl (C=O) groups is 1. The molecule has 174 valence electrons. The number of aryl methyl sites for hydroxylation is 1. The number of rotatable bonds is 10. The van der Waals surface area contributed by atoms with Gasteiger partial charge in [-0.2, -0.15) is 0 Å². The maximum atomic E-state index is 13.6. The summed E-state index contributed by atoms with van der Waals surface area (Å²) >= 11 is 0. The van der Waals surface area contributed by atoms with Crippen LogP contribution in [-0.4, -0.2) is 34.1 Å². The van der Waals surface area contributed by atoms with E-state index in [2.05, 4.69) is 5.32 Å².